The summed E-state index contributed by atoms with van der Waals surface area (Å²) in [6.45, 7) is 1.99. The van der Waals surface area contributed by atoms with E-state index in [2.05, 4.69) is 5.32 Å². The number of halogens is 1. The molecule has 8 heteroatoms. The van der Waals surface area contributed by atoms with Crippen LogP contribution in [0.3, 0.4) is 0 Å². The monoisotopic (exact) mass is 446 g/mol. The molecule has 0 radical (unpaired) electrons. The molecular formula is C22H23ClN2O4S. The fourth-order valence-electron chi connectivity index (χ4n) is 2.94. The molecule has 0 aliphatic heterocycles. The van der Waals surface area contributed by atoms with Gasteiger partial charge in [-0.2, -0.15) is 0 Å². The lowest BCUT2D eigenvalue weighted by Crippen LogP contribution is -2.41. The number of carbonyl (C=O) groups excluding carboxylic acids is 1. The number of carbonyl (C=O) groups is 1. The molecule has 30 heavy (non-hydrogen) atoms. The lowest BCUT2D eigenvalue weighted by Gasteiger charge is -2.22. The van der Waals surface area contributed by atoms with E-state index in [9.17, 15) is 13.2 Å². The summed E-state index contributed by atoms with van der Waals surface area (Å²) in [7, 11) is -3.65. The molecule has 0 spiro atoms. The highest BCUT2D eigenvalue weighted by atomic mass is 35.5. The van der Waals surface area contributed by atoms with Crippen molar-refractivity contribution in [3.63, 3.8) is 0 Å². The van der Waals surface area contributed by atoms with Crippen LogP contribution in [0.2, 0.25) is 5.02 Å². The van der Waals surface area contributed by atoms with Gasteiger partial charge in [-0.15, -0.1) is 0 Å². The van der Waals surface area contributed by atoms with Crippen LogP contribution in [0.4, 0.5) is 5.69 Å². The highest BCUT2D eigenvalue weighted by Gasteiger charge is 2.21. The molecule has 0 fully saturated rings. The molecule has 3 rings (SSSR count). The van der Waals surface area contributed by atoms with Crippen molar-refractivity contribution in [3.05, 3.63) is 71.2 Å². The number of ether oxygens (including phenoxy) is 1. The van der Waals surface area contributed by atoms with Crippen molar-refractivity contribution in [2.24, 2.45) is 0 Å². The molecule has 0 saturated heterocycles. The number of sulfonamides is 1. The highest BCUT2D eigenvalue weighted by Crippen LogP contribution is 2.24. The number of amides is 1. The molecule has 0 saturated carbocycles. The Morgan fingerprint density at radius 3 is 2.50 bits per heavy atom. The molecule has 0 aromatic heterocycles. The molecular weight excluding hydrogens is 424 g/mol. The van der Waals surface area contributed by atoms with Crippen LogP contribution < -0.4 is 14.4 Å². The maximum atomic E-state index is 12.3. The lowest BCUT2D eigenvalue weighted by molar-refractivity contribution is -0.119. The van der Waals surface area contributed by atoms with Crippen molar-refractivity contribution < 1.29 is 17.9 Å². The summed E-state index contributed by atoms with van der Waals surface area (Å²) in [4.78, 5) is 12.3. The Kier molecular flexibility index (Phi) is 6.84. The van der Waals surface area contributed by atoms with Gasteiger partial charge >= 0.3 is 0 Å². The molecule has 1 amide bonds. The number of fused-ring (bicyclic) bond motifs is 1. The van der Waals surface area contributed by atoms with Gasteiger partial charge in [0.05, 0.1) is 18.5 Å². The van der Waals surface area contributed by atoms with Crippen LogP contribution in [0, 0.1) is 6.92 Å². The quantitative estimate of drug-likeness (QED) is 0.534. The third-order valence-electron chi connectivity index (χ3n) is 4.54. The van der Waals surface area contributed by atoms with Crippen molar-refractivity contribution >= 4 is 44.0 Å². The van der Waals surface area contributed by atoms with Gasteiger partial charge in [-0.05, 0) is 47.5 Å². The van der Waals surface area contributed by atoms with Gasteiger partial charge in [-0.1, -0.05) is 48.0 Å². The average molecular weight is 447 g/mol. The molecule has 0 atom stereocenters. The first-order chi connectivity index (χ1) is 14.2. The molecule has 6 nitrogen and oxygen atoms in total. The Labute approximate surface area is 181 Å². The van der Waals surface area contributed by atoms with Gasteiger partial charge in [-0.3, -0.25) is 9.10 Å². The van der Waals surface area contributed by atoms with E-state index in [1.54, 1.807) is 12.1 Å². The second-order valence-corrected chi connectivity index (χ2v) is 9.22. The summed E-state index contributed by atoms with van der Waals surface area (Å²) in [6, 6.07) is 18.6. The SMILES string of the molecule is Cc1ccc(N(CC(=O)NCCOc2ccc3ccccc3c2)S(C)(=O)=O)cc1Cl. The second-order valence-electron chi connectivity index (χ2n) is 6.91. The molecule has 158 valence electrons. The summed E-state index contributed by atoms with van der Waals surface area (Å²) in [5.74, 6) is 0.272. The number of aryl methyl sites for hydroxylation is 1. The molecule has 0 aliphatic rings. The Balaban J connectivity index is 1.55. The minimum atomic E-state index is -3.65. The highest BCUT2D eigenvalue weighted by molar-refractivity contribution is 7.92. The Morgan fingerprint density at radius 2 is 1.80 bits per heavy atom. The topological polar surface area (TPSA) is 75.7 Å². The third kappa shape index (κ3) is 5.64. The molecule has 0 unspecified atom stereocenters. The van der Waals surface area contributed by atoms with E-state index in [0.29, 0.717) is 16.5 Å². The van der Waals surface area contributed by atoms with Crippen LogP contribution in [-0.4, -0.2) is 40.3 Å². The number of nitrogens with one attached hydrogen (secondary N) is 1. The van der Waals surface area contributed by atoms with Crippen molar-refractivity contribution in [1.29, 1.82) is 0 Å². The standard InChI is InChI=1S/C22H23ClN2O4S/c1-16-7-9-19(14-21(16)23)25(30(2,27)28)15-22(26)24-11-12-29-20-10-8-17-5-3-4-6-18(17)13-20/h3-10,13-14H,11-12,15H2,1-2H3,(H,24,26). The fourth-order valence-corrected chi connectivity index (χ4v) is 3.96. The van der Waals surface area contributed by atoms with E-state index in [1.807, 2.05) is 49.4 Å². The maximum Gasteiger partial charge on any atom is 0.240 e. The zero-order valence-corrected chi connectivity index (χ0v) is 18.3. The van der Waals surface area contributed by atoms with Crippen molar-refractivity contribution in [2.75, 3.05) is 30.3 Å². The van der Waals surface area contributed by atoms with Crippen molar-refractivity contribution in [2.45, 2.75) is 6.92 Å². The van der Waals surface area contributed by atoms with Crippen LogP contribution in [0.5, 0.6) is 5.75 Å². The Hall–Kier alpha value is -2.77. The van der Waals surface area contributed by atoms with E-state index in [1.165, 1.54) is 6.07 Å². The van der Waals surface area contributed by atoms with Gasteiger partial charge in [0.1, 0.15) is 18.9 Å². The van der Waals surface area contributed by atoms with E-state index in [-0.39, 0.29) is 19.7 Å². The minimum absolute atomic E-state index is 0.248. The van der Waals surface area contributed by atoms with Crippen LogP contribution in [-0.2, 0) is 14.8 Å². The maximum absolute atomic E-state index is 12.3. The first kappa shape index (κ1) is 21.9. The van der Waals surface area contributed by atoms with Gasteiger partial charge in [0, 0.05) is 5.02 Å². The number of nitrogens with zero attached hydrogens (tertiary/aromatic N) is 1. The summed E-state index contributed by atoms with van der Waals surface area (Å²) >= 11 is 6.10. The van der Waals surface area contributed by atoms with E-state index in [4.69, 9.17) is 16.3 Å². The van der Waals surface area contributed by atoms with Crippen molar-refractivity contribution in [3.8, 4) is 5.75 Å². The number of anilines is 1. The van der Waals surface area contributed by atoms with E-state index < -0.39 is 15.9 Å². The van der Waals surface area contributed by atoms with Crippen LogP contribution in [0.1, 0.15) is 5.56 Å². The number of benzene rings is 3. The van der Waals surface area contributed by atoms with Gasteiger partial charge in [0.15, 0.2) is 0 Å². The largest absolute Gasteiger partial charge is 0.492 e. The van der Waals surface area contributed by atoms with Crippen molar-refractivity contribution in [1.82, 2.24) is 5.32 Å². The zero-order valence-electron chi connectivity index (χ0n) is 16.8. The Bertz CT molecular complexity index is 1160. The average Bonchev–Trinajstić information content (AvgIpc) is 2.70. The first-order valence-electron chi connectivity index (χ1n) is 9.36. The molecule has 0 bridgehead atoms. The Morgan fingerprint density at radius 1 is 1.07 bits per heavy atom. The minimum Gasteiger partial charge on any atom is -0.492 e. The van der Waals surface area contributed by atoms with Crippen LogP contribution in [0.25, 0.3) is 10.8 Å². The fraction of sp³-hybridized carbons (Fsp3) is 0.227. The summed E-state index contributed by atoms with van der Waals surface area (Å²) in [5, 5.41) is 5.31. The summed E-state index contributed by atoms with van der Waals surface area (Å²) in [5.41, 5.74) is 1.17. The van der Waals surface area contributed by atoms with Gasteiger partial charge in [0.25, 0.3) is 0 Å². The summed E-state index contributed by atoms with van der Waals surface area (Å²) < 4.78 is 31.0. The van der Waals surface area contributed by atoms with Gasteiger partial charge in [0.2, 0.25) is 15.9 Å². The van der Waals surface area contributed by atoms with Gasteiger partial charge in [-0.25, -0.2) is 8.42 Å². The smallest absolute Gasteiger partial charge is 0.240 e. The zero-order chi connectivity index (χ0) is 21.7. The predicted molar refractivity (Wildman–Crippen MR) is 121 cm³/mol. The predicted octanol–water partition coefficient (Wildman–Crippen LogP) is 3.76. The summed E-state index contributed by atoms with van der Waals surface area (Å²) in [6.07, 6.45) is 1.05. The molecule has 0 aliphatic carbocycles. The normalized spacial score (nSPS) is 11.3. The first-order valence-corrected chi connectivity index (χ1v) is 11.6. The second kappa shape index (κ2) is 9.36. The molecule has 3 aromatic rings. The lowest BCUT2D eigenvalue weighted by atomic mass is 10.1. The van der Waals surface area contributed by atoms with E-state index in [0.717, 1.165) is 26.9 Å². The molecule has 1 N–H and O–H groups in total. The molecule has 3 aromatic carbocycles. The van der Waals surface area contributed by atoms with Crippen LogP contribution >= 0.6 is 11.6 Å². The number of hydrogen-bond acceptors (Lipinski definition) is 4. The number of hydrogen-bond donors (Lipinski definition) is 1. The number of rotatable bonds is 8. The van der Waals surface area contributed by atoms with Crippen LogP contribution in [0.15, 0.2) is 60.7 Å². The van der Waals surface area contributed by atoms with E-state index >= 15 is 0 Å². The third-order valence-corrected chi connectivity index (χ3v) is 6.09. The van der Waals surface area contributed by atoms with Gasteiger partial charge < -0.3 is 10.1 Å². The molecule has 0 heterocycles.